The van der Waals surface area contributed by atoms with Crippen LogP contribution >= 0.6 is 0 Å². The molecule has 1 saturated heterocycles. The van der Waals surface area contributed by atoms with Crippen molar-refractivity contribution in [2.24, 2.45) is 5.92 Å². The first-order valence-corrected chi connectivity index (χ1v) is 8.98. The molecular weight excluding hydrogens is 332 g/mol. The summed E-state index contributed by atoms with van der Waals surface area (Å²) in [5, 5.41) is 9.08. The molecule has 1 aromatic carbocycles. The number of imidazole rings is 1. The topological polar surface area (TPSA) is 98.3 Å². The Morgan fingerprint density at radius 3 is 2.85 bits per heavy atom. The van der Waals surface area contributed by atoms with E-state index in [1.54, 1.807) is 10.4 Å². The summed E-state index contributed by atoms with van der Waals surface area (Å²) < 4.78 is 0. The second-order valence-electron chi connectivity index (χ2n) is 7.81. The van der Waals surface area contributed by atoms with Crippen LogP contribution in [0.15, 0.2) is 18.2 Å². The fourth-order valence-electron chi connectivity index (χ4n) is 3.67. The normalized spacial score (nSPS) is 21.6. The fraction of sp³-hybridized carbons (Fsp3) is 0.526. The number of fused-ring (bicyclic) bond motifs is 1. The standard InChI is InChI=1S/C19H26N4O3/c1-11(2)9-15(16(24)22-26)23-8-7-19(4,18(23)25)17-20-13-6-5-12(3)10-14(13)21-17/h5-6,10-11,15,26H,7-9H2,1-4H3,(H,20,21)(H,22,24)/t15-,19?/m1/s1. The van der Waals surface area contributed by atoms with Gasteiger partial charge in [-0.1, -0.05) is 19.9 Å². The molecular formula is C19H26N4O3. The van der Waals surface area contributed by atoms with E-state index in [4.69, 9.17) is 5.21 Å². The number of nitrogens with zero attached hydrogens (tertiary/aromatic N) is 2. The van der Waals surface area contributed by atoms with Gasteiger partial charge in [0.2, 0.25) is 5.91 Å². The van der Waals surface area contributed by atoms with Gasteiger partial charge in [0.25, 0.3) is 5.91 Å². The van der Waals surface area contributed by atoms with Crippen molar-refractivity contribution in [1.82, 2.24) is 20.3 Å². The van der Waals surface area contributed by atoms with E-state index in [2.05, 4.69) is 9.97 Å². The van der Waals surface area contributed by atoms with Crippen molar-refractivity contribution in [2.75, 3.05) is 6.54 Å². The zero-order valence-corrected chi connectivity index (χ0v) is 15.7. The number of carbonyl (C=O) groups is 2. The van der Waals surface area contributed by atoms with Crippen molar-refractivity contribution in [1.29, 1.82) is 0 Å². The predicted octanol–water partition coefficient (Wildman–Crippen LogP) is 2.28. The molecule has 0 radical (unpaired) electrons. The van der Waals surface area contributed by atoms with Gasteiger partial charge in [-0.25, -0.2) is 10.5 Å². The molecule has 0 spiro atoms. The molecule has 2 heterocycles. The van der Waals surface area contributed by atoms with E-state index in [1.807, 2.05) is 45.9 Å². The number of aryl methyl sites for hydroxylation is 1. The molecule has 1 fully saturated rings. The largest absolute Gasteiger partial charge is 0.341 e. The number of aromatic nitrogens is 2. The van der Waals surface area contributed by atoms with Crippen LogP contribution in [0.5, 0.6) is 0 Å². The summed E-state index contributed by atoms with van der Waals surface area (Å²) in [6.45, 7) is 8.30. The Labute approximate surface area is 152 Å². The second-order valence-corrected chi connectivity index (χ2v) is 7.81. The van der Waals surface area contributed by atoms with Gasteiger partial charge in [0.05, 0.1) is 11.0 Å². The number of benzene rings is 1. The monoisotopic (exact) mass is 358 g/mol. The van der Waals surface area contributed by atoms with Gasteiger partial charge < -0.3 is 9.88 Å². The summed E-state index contributed by atoms with van der Waals surface area (Å²) in [6, 6.07) is 5.25. The molecule has 2 amide bonds. The summed E-state index contributed by atoms with van der Waals surface area (Å²) in [4.78, 5) is 34.8. The first-order valence-electron chi connectivity index (χ1n) is 8.98. The van der Waals surface area contributed by atoms with E-state index >= 15 is 0 Å². The van der Waals surface area contributed by atoms with Crippen molar-refractivity contribution < 1.29 is 14.8 Å². The molecule has 2 atom stereocenters. The number of likely N-dealkylation sites (tertiary alicyclic amines) is 1. The number of nitrogens with one attached hydrogen (secondary N) is 2. The van der Waals surface area contributed by atoms with E-state index < -0.39 is 17.4 Å². The number of amides is 2. The molecule has 1 aromatic heterocycles. The summed E-state index contributed by atoms with van der Waals surface area (Å²) in [5.41, 5.74) is 3.74. The summed E-state index contributed by atoms with van der Waals surface area (Å²) in [7, 11) is 0. The Morgan fingerprint density at radius 2 is 2.19 bits per heavy atom. The van der Waals surface area contributed by atoms with Crippen LogP contribution in [-0.4, -0.2) is 44.5 Å². The van der Waals surface area contributed by atoms with E-state index in [0.29, 0.717) is 25.2 Å². The average molecular weight is 358 g/mol. The van der Waals surface area contributed by atoms with E-state index in [1.165, 1.54) is 0 Å². The van der Waals surface area contributed by atoms with Crippen LogP contribution < -0.4 is 5.48 Å². The van der Waals surface area contributed by atoms with Crippen LogP contribution in [-0.2, 0) is 15.0 Å². The van der Waals surface area contributed by atoms with Gasteiger partial charge in [0.1, 0.15) is 17.3 Å². The Morgan fingerprint density at radius 1 is 1.46 bits per heavy atom. The van der Waals surface area contributed by atoms with Gasteiger partial charge in [-0.05, 0) is 50.3 Å². The lowest BCUT2D eigenvalue weighted by Gasteiger charge is -2.29. The van der Waals surface area contributed by atoms with E-state index in [-0.39, 0.29) is 11.8 Å². The molecule has 26 heavy (non-hydrogen) atoms. The van der Waals surface area contributed by atoms with Crippen LogP contribution in [0.1, 0.15) is 45.0 Å². The lowest BCUT2D eigenvalue weighted by atomic mass is 9.88. The number of rotatable bonds is 5. The van der Waals surface area contributed by atoms with Gasteiger partial charge in [-0.15, -0.1) is 0 Å². The van der Waals surface area contributed by atoms with Gasteiger partial charge in [0.15, 0.2) is 0 Å². The third kappa shape index (κ3) is 3.07. The van der Waals surface area contributed by atoms with Crippen LogP contribution in [0.25, 0.3) is 11.0 Å². The molecule has 1 unspecified atom stereocenters. The Balaban J connectivity index is 1.93. The minimum atomic E-state index is -0.808. The third-order valence-corrected chi connectivity index (χ3v) is 5.23. The molecule has 0 bridgehead atoms. The van der Waals surface area contributed by atoms with Crippen LogP contribution in [0.3, 0.4) is 0 Å². The predicted molar refractivity (Wildman–Crippen MR) is 97.7 cm³/mol. The molecule has 0 saturated carbocycles. The van der Waals surface area contributed by atoms with Crippen LogP contribution in [0, 0.1) is 12.8 Å². The van der Waals surface area contributed by atoms with E-state index in [9.17, 15) is 9.59 Å². The quantitative estimate of drug-likeness (QED) is 0.564. The first kappa shape index (κ1) is 18.4. The lowest BCUT2D eigenvalue weighted by Crippen LogP contribution is -2.49. The molecule has 3 rings (SSSR count). The van der Waals surface area contributed by atoms with Crippen LogP contribution in [0.4, 0.5) is 0 Å². The van der Waals surface area contributed by atoms with Crippen molar-refractivity contribution >= 4 is 22.8 Å². The number of H-pyrrole nitrogens is 1. The molecule has 140 valence electrons. The van der Waals surface area contributed by atoms with Gasteiger partial charge in [0, 0.05) is 6.54 Å². The second kappa shape index (κ2) is 6.72. The number of hydrogen-bond acceptors (Lipinski definition) is 4. The molecule has 7 heteroatoms. The minimum Gasteiger partial charge on any atom is -0.341 e. The molecule has 3 N–H and O–H groups in total. The van der Waals surface area contributed by atoms with Gasteiger partial charge in [-0.3, -0.25) is 14.8 Å². The Hall–Kier alpha value is -2.41. The maximum Gasteiger partial charge on any atom is 0.266 e. The third-order valence-electron chi connectivity index (χ3n) is 5.23. The fourth-order valence-corrected chi connectivity index (χ4v) is 3.67. The number of aromatic amines is 1. The first-order chi connectivity index (χ1) is 12.3. The lowest BCUT2D eigenvalue weighted by molar-refractivity contribution is -0.144. The van der Waals surface area contributed by atoms with Crippen molar-refractivity contribution in [2.45, 2.75) is 52.0 Å². The van der Waals surface area contributed by atoms with E-state index in [0.717, 1.165) is 16.6 Å². The number of hydrogen-bond donors (Lipinski definition) is 3. The zero-order valence-electron chi connectivity index (χ0n) is 15.7. The van der Waals surface area contributed by atoms with Crippen molar-refractivity contribution in [3.63, 3.8) is 0 Å². The van der Waals surface area contributed by atoms with Crippen molar-refractivity contribution in [3.05, 3.63) is 29.6 Å². The highest BCUT2D eigenvalue weighted by Gasteiger charge is 2.49. The summed E-state index contributed by atoms with van der Waals surface area (Å²) in [5.74, 6) is 0.156. The highest BCUT2D eigenvalue weighted by molar-refractivity contribution is 5.94. The zero-order chi connectivity index (χ0) is 19.1. The highest BCUT2D eigenvalue weighted by atomic mass is 16.5. The van der Waals surface area contributed by atoms with Crippen molar-refractivity contribution in [3.8, 4) is 0 Å². The molecule has 1 aliphatic rings. The summed E-state index contributed by atoms with van der Waals surface area (Å²) >= 11 is 0. The minimum absolute atomic E-state index is 0.137. The number of hydroxylamine groups is 1. The smallest absolute Gasteiger partial charge is 0.266 e. The Kier molecular flexibility index (Phi) is 4.75. The van der Waals surface area contributed by atoms with Gasteiger partial charge in [-0.2, -0.15) is 0 Å². The maximum absolute atomic E-state index is 13.2. The Bertz CT molecular complexity index is 844. The molecule has 0 aliphatic carbocycles. The van der Waals surface area contributed by atoms with Crippen LogP contribution in [0.2, 0.25) is 0 Å². The SMILES string of the molecule is Cc1ccc2nc(C3(C)CCN([C@H](CC(C)C)C(=O)NO)C3=O)[nH]c2c1. The molecule has 2 aromatic rings. The summed E-state index contributed by atoms with van der Waals surface area (Å²) in [6.07, 6.45) is 1.06. The molecule has 1 aliphatic heterocycles. The maximum atomic E-state index is 13.2. The number of carbonyl (C=O) groups excluding carboxylic acids is 2. The molecule has 7 nitrogen and oxygen atoms in total. The average Bonchev–Trinajstić information content (AvgIpc) is 3.14. The highest BCUT2D eigenvalue weighted by Crippen LogP contribution is 2.36. The van der Waals surface area contributed by atoms with Gasteiger partial charge >= 0.3 is 0 Å².